The molecule has 1 fully saturated rings. The standard InChI is InChI=1S/C19H25N3S/c23-19(20-11-14-22-12-4-1-5-13-22)21-15-17-9-6-8-16-7-2-3-10-18(16)17/h2-3,6-10H,1,4-5,11-15H2,(H2,20,21,23). The molecule has 0 bridgehead atoms. The Bertz CT molecular complexity index is 645. The van der Waals surface area contributed by atoms with Crippen LogP contribution >= 0.6 is 12.2 Å². The predicted octanol–water partition coefficient (Wildman–Crippen LogP) is 3.29. The fourth-order valence-corrected chi connectivity index (χ4v) is 3.37. The van der Waals surface area contributed by atoms with Crippen molar-refractivity contribution >= 4 is 28.1 Å². The van der Waals surface area contributed by atoms with Crippen LogP contribution in [0, 0.1) is 0 Å². The molecule has 3 rings (SSSR count). The highest BCUT2D eigenvalue weighted by Crippen LogP contribution is 2.18. The molecule has 0 spiro atoms. The second-order valence-electron chi connectivity index (χ2n) is 6.15. The second kappa shape index (κ2) is 8.27. The van der Waals surface area contributed by atoms with Gasteiger partial charge in [-0.1, -0.05) is 48.9 Å². The minimum absolute atomic E-state index is 0.745. The average Bonchev–Trinajstić information content (AvgIpc) is 2.61. The van der Waals surface area contributed by atoms with Crippen LogP contribution in [-0.2, 0) is 6.54 Å². The van der Waals surface area contributed by atoms with Crippen LogP contribution in [0.3, 0.4) is 0 Å². The maximum absolute atomic E-state index is 5.40. The van der Waals surface area contributed by atoms with Crippen molar-refractivity contribution in [2.45, 2.75) is 25.8 Å². The van der Waals surface area contributed by atoms with Crippen LogP contribution < -0.4 is 10.6 Å². The first-order valence-electron chi connectivity index (χ1n) is 8.53. The van der Waals surface area contributed by atoms with E-state index >= 15 is 0 Å². The maximum Gasteiger partial charge on any atom is 0.166 e. The highest BCUT2D eigenvalue weighted by Gasteiger charge is 2.09. The monoisotopic (exact) mass is 327 g/mol. The molecule has 1 aliphatic heterocycles. The molecular formula is C19H25N3S. The topological polar surface area (TPSA) is 27.3 Å². The Balaban J connectivity index is 1.45. The Labute approximate surface area is 144 Å². The quantitative estimate of drug-likeness (QED) is 0.824. The molecule has 1 heterocycles. The van der Waals surface area contributed by atoms with Gasteiger partial charge in [-0.15, -0.1) is 0 Å². The number of likely N-dealkylation sites (tertiary alicyclic amines) is 1. The molecule has 1 saturated heterocycles. The normalized spacial score (nSPS) is 15.5. The second-order valence-corrected chi connectivity index (χ2v) is 6.56. The van der Waals surface area contributed by atoms with E-state index in [1.165, 1.54) is 48.7 Å². The summed E-state index contributed by atoms with van der Waals surface area (Å²) < 4.78 is 0. The Hall–Kier alpha value is -1.65. The first kappa shape index (κ1) is 16.2. The molecule has 0 aromatic heterocycles. The van der Waals surface area contributed by atoms with Gasteiger partial charge in [0.1, 0.15) is 0 Å². The van der Waals surface area contributed by atoms with Crippen molar-refractivity contribution in [3.8, 4) is 0 Å². The summed E-state index contributed by atoms with van der Waals surface area (Å²) in [5.41, 5.74) is 1.28. The van der Waals surface area contributed by atoms with E-state index in [4.69, 9.17) is 12.2 Å². The van der Waals surface area contributed by atoms with Gasteiger partial charge in [-0.25, -0.2) is 0 Å². The Morgan fingerprint density at radius 3 is 2.61 bits per heavy atom. The third kappa shape index (κ3) is 4.66. The lowest BCUT2D eigenvalue weighted by atomic mass is 10.0. The lowest BCUT2D eigenvalue weighted by Gasteiger charge is -2.26. The van der Waals surface area contributed by atoms with Crippen LogP contribution in [0.4, 0.5) is 0 Å². The van der Waals surface area contributed by atoms with E-state index < -0.39 is 0 Å². The van der Waals surface area contributed by atoms with Crippen LogP contribution in [-0.4, -0.2) is 36.2 Å². The van der Waals surface area contributed by atoms with Crippen LogP contribution in [0.1, 0.15) is 24.8 Å². The van der Waals surface area contributed by atoms with Crippen molar-refractivity contribution in [3.63, 3.8) is 0 Å². The van der Waals surface area contributed by atoms with E-state index in [0.717, 1.165) is 24.7 Å². The van der Waals surface area contributed by atoms with E-state index in [2.05, 4.69) is 58.0 Å². The smallest absolute Gasteiger partial charge is 0.166 e. The van der Waals surface area contributed by atoms with E-state index in [1.54, 1.807) is 0 Å². The number of fused-ring (bicyclic) bond motifs is 1. The molecule has 0 saturated carbocycles. The molecular weight excluding hydrogens is 302 g/mol. The molecule has 23 heavy (non-hydrogen) atoms. The van der Waals surface area contributed by atoms with Crippen LogP contribution in [0.5, 0.6) is 0 Å². The van der Waals surface area contributed by atoms with Gasteiger partial charge in [-0.2, -0.15) is 0 Å². The Morgan fingerprint density at radius 1 is 0.957 bits per heavy atom. The molecule has 1 aliphatic rings. The summed E-state index contributed by atoms with van der Waals surface area (Å²) in [4.78, 5) is 2.52. The molecule has 122 valence electrons. The first-order valence-corrected chi connectivity index (χ1v) is 8.94. The van der Waals surface area contributed by atoms with Gasteiger partial charge in [0.15, 0.2) is 5.11 Å². The van der Waals surface area contributed by atoms with Crippen molar-refractivity contribution in [1.29, 1.82) is 0 Å². The molecule has 0 unspecified atom stereocenters. The highest BCUT2D eigenvalue weighted by atomic mass is 32.1. The van der Waals surface area contributed by atoms with E-state index in [0.29, 0.717) is 0 Å². The summed E-state index contributed by atoms with van der Waals surface area (Å²) in [5.74, 6) is 0. The fraction of sp³-hybridized carbons (Fsp3) is 0.421. The minimum Gasteiger partial charge on any atom is -0.361 e. The summed E-state index contributed by atoms with van der Waals surface area (Å²) >= 11 is 5.40. The lowest BCUT2D eigenvalue weighted by Crippen LogP contribution is -2.41. The molecule has 0 atom stereocenters. The summed E-state index contributed by atoms with van der Waals surface area (Å²) in [6.45, 7) is 5.23. The average molecular weight is 327 g/mol. The lowest BCUT2D eigenvalue weighted by molar-refractivity contribution is 0.232. The summed E-state index contributed by atoms with van der Waals surface area (Å²) in [6.07, 6.45) is 4.06. The van der Waals surface area contributed by atoms with Gasteiger partial charge in [0.25, 0.3) is 0 Å². The van der Waals surface area contributed by atoms with Crippen molar-refractivity contribution in [3.05, 3.63) is 48.0 Å². The van der Waals surface area contributed by atoms with E-state index in [1.807, 2.05) is 0 Å². The first-order chi connectivity index (χ1) is 11.3. The summed E-state index contributed by atoms with van der Waals surface area (Å²) in [7, 11) is 0. The van der Waals surface area contributed by atoms with Crippen molar-refractivity contribution in [1.82, 2.24) is 15.5 Å². The summed E-state index contributed by atoms with van der Waals surface area (Å²) in [6, 6.07) is 14.9. The molecule has 0 aliphatic carbocycles. The third-order valence-corrected chi connectivity index (χ3v) is 4.77. The number of nitrogens with one attached hydrogen (secondary N) is 2. The number of thiocarbonyl (C=S) groups is 1. The van der Waals surface area contributed by atoms with Crippen molar-refractivity contribution < 1.29 is 0 Å². The summed E-state index contributed by atoms with van der Waals surface area (Å²) in [5, 5.41) is 9.97. The molecule has 3 nitrogen and oxygen atoms in total. The van der Waals surface area contributed by atoms with Crippen LogP contribution in [0.15, 0.2) is 42.5 Å². The molecule has 0 radical (unpaired) electrons. The van der Waals surface area contributed by atoms with Gasteiger partial charge in [0.05, 0.1) is 0 Å². The van der Waals surface area contributed by atoms with E-state index in [9.17, 15) is 0 Å². The molecule has 2 aromatic rings. The van der Waals surface area contributed by atoms with Crippen LogP contribution in [0.25, 0.3) is 10.8 Å². The number of hydrogen-bond acceptors (Lipinski definition) is 2. The zero-order chi connectivity index (χ0) is 15.9. The van der Waals surface area contributed by atoms with Gasteiger partial charge >= 0.3 is 0 Å². The molecule has 0 amide bonds. The maximum atomic E-state index is 5.40. The third-order valence-electron chi connectivity index (χ3n) is 4.48. The van der Waals surface area contributed by atoms with Gasteiger partial charge in [0.2, 0.25) is 0 Å². The fourth-order valence-electron chi connectivity index (χ4n) is 3.20. The zero-order valence-electron chi connectivity index (χ0n) is 13.6. The number of benzene rings is 2. The zero-order valence-corrected chi connectivity index (χ0v) is 14.4. The number of hydrogen-bond donors (Lipinski definition) is 2. The number of nitrogens with zero attached hydrogens (tertiary/aromatic N) is 1. The molecule has 2 N–H and O–H groups in total. The largest absolute Gasteiger partial charge is 0.361 e. The molecule has 2 aromatic carbocycles. The SMILES string of the molecule is S=C(NCCN1CCCCC1)NCc1cccc2ccccc12. The van der Waals surface area contributed by atoms with E-state index in [-0.39, 0.29) is 0 Å². The van der Waals surface area contributed by atoms with Gasteiger partial charge in [-0.05, 0) is 54.5 Å². The van der Waals surface area contributed by atoms with Crippen molar-refractivity contribution in [2.75, 3.05) is 26.2 Å². The van der Waals surface area contributed by atoms with Gasteiger partial charge < -0.3 is 15.5 Å². The Morgan fingerprint density at radius 2 is 1.74 bits per heavy atom. The number of piperidine rings is 1. The molecule has 4 heteroatoms. The van der Waals surface area contributed by atoms with Crippen molar-refractivity contribution in [2.24, 2.45) is 0 Å². The Kier molecular flexibility index (Phi) is 5.83. The van der Waals surface area contributed by atoms with Gasteiger partial charge in [-0.3, -0.25) is 0 Å². The van der Waals surface area contributed by atoms with Gasteiger partial charge in [0, 0.05) is 19.6 Å². The highest BCUT2D eigenvalue weighted by molar-refractivity contribution is 7.80. The predicted molar refractivity (Wildman–Crippen MR) is 102 cm³/mol. The minimum atomic E-state index is 0.745. The van der Waals surface area contributed by atoms with Crippen LogP contribution in [0.2, 0.25) is 0 Å². The number of rotatable bonds is 5.